The molecular weight excluding hydrogens is 186 g/mol. The molecule has 2 aliphatic rings. The van der Waals surface area contributed by atoms with Crippen molar-refractivity contribution in [3.8, 4) is 0 Å². The summed E-state index contributed by atoms with van der Waals surface area (Å²) in [6.07, 6.45) is 5.32. The molecule has 3 nitrogen and oxygen atoms in total. The van der Waals surface area contributed by atoms with Gasteiger partial charge in [-0.2, -0.15) is 4.31 Å². The second-order valence-electron chi connectivity index (χ2n) is 3.86. The van der Waals surface area contributed by atoms with E-state index in [0.717, 1.165) is 31.1 Å². The first-order valence-electron chi connectivity index (χ1n) is 4.81. The van der Waals surface area contributed by atoms with Gasteiger partial charge < -0.3 is 0 Å². The molecule has 2 fully saturated rings. The molecule has 2 aliphatic heterocycles. The molecule has 2 heterocycles. The molecule has 0 amide bonds. The lowest BCUT2D eigenvalue weighted by Crippen LogP contribution is -2.42. The lowest BCUT2D eigenvalue weighted by Gasteiger charge is -2.32. The van der Waals surface area contributed by atoms with Crippen molar-refractivity contribution in [2.24, 2.45) is 0 Å². The maximum atomic E-state index is 11.6. The predicted octanol–water partition coefficient (Wildman–Crippen LogP) is 1.48. The van der Waals surface area contributed by atoms with Crippen LogP contribution in [-0.4, -0.2) is 24.8 Å². The van der Waals surface area contributed by atoms with Gasteiger partial charge in [-0.3, -0.25) is 0 Å². The molecule has 2 rings (SSSR count). The molecular formula is C9H15NO2S. The summed E-state index contributed by atoms with van der Waals surface area (Å²) in [5.41, 5.74) is 0. The summed E-state index contributed by atoms with van der Waals surface area (Å²) < 4.78 is 24.9. The number of sulfonamides is 1. The second-order valence-corrected chi connectivity index (χ2v) is 5.64. The van der Waals surface area contributed by atoms with E-state index in [9.17, 15) is 8.42 Å². The molecule has 2 atom stereocenters. The monoisotopic (exact) mass is 201 g/mol. The molecule has 0 saturated carbocycles. The number of piperidine rings is 1. The molecule has 2 unspecified atom stereocenters. The van der Waals surface area contributed by atoms with Gasteiger partial charge >= 0.3 is 0 Å². The van der Waals surface area contributed by atoms with Gasteiger partial charge in [-0.1, -0.05) is 13.0 Å². The fourth-order valence-corrected chi connectivity index (χ4v) is 4.00. The highest BCUT2D eigenvalue weighted by atomic mass is 32.2. The van der Waals surface area contributed by atoms with Crippen LogP contribution in [0.2, 0.25) is 0 Å². The molecule has 0 N–H and O–H groups in total. The highest BCUT2D eigenvalue weighted by Gasteiger charge is 2.42. The lowest BCUT2D eigenvalue weighted by molar-refractivity contribution is 0.250. The van der Waals surface area contributed by atoms with Gasteiger partial charge in [0.15, 0.2) is 0 Å². The van der Waals surface area contributed by atoms with Gasteiger partial charge in [0.05, 0.1) is 0 Å². The van der Waals surface area contributed by atoms with Gasteiger partial charge in [0.1, 0.15) is 0 Å². The van der Waals surface area contributed by atoms with E-state index >= 15 is 0 Å². The molecule has 0 aromatic rings. The summed E-state index contributed by atoms with van der Waals surface area (Å²) >= 11 is 0. The van der Waals surface area contributed by atoms with Gasteiger partial charge in [0.2, 0.25) is 10.0 Å². The van der Waals surface area contributed by atoms with E-state index < -0.39 is 10.0 Å². The van der Waals surface area contributed by atoms with Crippen molar-refractivity contribution in [2.75, 3.05) is 0 Å². The molecule has 4 heteroatoms. The minimum Gasteiger partial charge on any atom is -0.208 e. The Morgan fingerprint density at radius 1 is 1.15 bits per heavy atom. The number of nitrogens with zero attached hydrogens (tertiary/aromatic N) is 1. The largest absolute Gasteiger partial charge is 0.236 e. The van der Waals surface area contributed by atoms with Crippen LogP contribution in [0.4, 0.5) is 0 Å². The summed E-state index contributed by atoms with van der Waals surface area (Å²) in [5, 5.41) is 1.09. The van der Waals surface area contributed by atoms with E-state index in [1.165, 1.54) is 6.42 Å². The van der Waals surface area contributed by atoms with E-state index in [0.29, 0.717) is 0 Å². The Morgan fingerprint density at radius 3 is 2.15 bits per heavy atom. The fraction of sp³-hybridized carbons (Fsp3) is 0.778. The smallest absolute Gasteiger partial charge is 0.208 e. The summed E-state index contributed by atoms with van der Waals surface area (Å²) in [6, 6.07) is 0.531. The quantitative estimate of drug-likeness (QED) is 0.678. The van der Waals surface area contributed by atoms with Crippen molar-refractivity contribution in [1.82, 2.24) is 4.31 Å². The van der Waals surface area contributed by atoms with E-state index in [2.05, 4.69) is 6.58 Å². The Bertz CT molecular complexity index is 294. The Hall–Kier alpha value is -0.350. The third kappa shape index (κ3) is 1.42. The Morgan fingerprint density at radius 2 is 1.69 bits per heavy atom. The Balaban J connectivity index is 2.29. The van der Waals surface area contributed by atoms with Crippen molar-refractivity contribution >= 4 is 10.0 Å². The fourth-order valence-electron chi connectivity index (χ4n) is 2.57. The Kier molecular flexibility index (Phi) is 2.20. The number of fused-ring (bicyclic) bond motifs is 2. The van der Waals surface area contributed by atoms with E-state index in [4.69, 9.17) is 0 Å². The zero-order chi connectivity index (χ0) is 9.47. The normalized spacial score (nSPS) is 34.8. The number of rotatable bonds is 2. The van der Waals surface area contributed by atoms with Crippen LogP contribution in [0.3, 0.4) is 0 Å². The highest BCUT2D eigenvalue weighted by Crippen LogP contribution is 2.37. The van der Waals surface area contributed by atoms with Gasteiger partial charge in [-0.05, 0) is 25.7 Å². The van der Waals surface area contributed by atoms with Crippen LogP contribution in [0, 0.1) is 0 Å². The minimum absolute atomic E-state index is 0.266. The van der Waals surface area contributed by atoms with Crippen LogP contribution >= 0.6 is 0 Å². The summed E-state index contributed by atoms with van der Waals surface area (Å²) in [4.78, 5) is 0. The molecule has 0 aromatic heterocycles. The summed E-state index contributed by atoms with van der Waals surface area (Å²) in [5.74, 6) is 0. The van der Waals surface area contributed by atoms with Gasteiger partial charge in [0.25, 0.3) is 0 Å². The zero-order valence-corrected chi connectivity index (χ0v) is 8.46. The molecule has 2 saturated heterocycles. The van der Waals surface area contributed by atoms with E-state index in [-0.39, 0.29) is 12.1 Å². The molecule has 0 aliphatic carbocycles. The average Bonchev–Trinajstić information content (AvgIpc) is 2.39. The van der Waals surface area contributed by atoms with Gasteiger partial charge in [-0.25, -0.2) is 8.42 Å². The molecule has 2 bridgehead atoms. The molecule has 74 valence electrons. The molecule has 13 heavy (non-hydrogen) atoms. The summed E-state index contributed by atoms with van der Waals surface area (Å²) in [6.45, 7) is 3.37. The SMILES string of the molecule is C=CS(=O)(=O)N1C2CCCC1CC2. The lowest BCUT2D eigenvalue weighted by atomic mass is 10.1. The maximum Gasteiger partial charge on any atom is 0.236 e. The van der Waals surface area contributed by atoms with Gasteiger partial charge in [0, 0.05) is 17.5 Å². The van der Waals surface area contributed by atoms with Crippen LogP contribution in [0.5, 0.6) is 0 Å². The third-order valence-electron chi connectivity index (χ3n) is 3.13. The van der Waals surface area contributed by atoms with Crippen LogP contribution in [0.15, 0.2) is 12.0 Å². The number of hydrogen-bond acceptors (Lipinski definition) is 2. The highest BCUT2D eigenvalue weighted by molar-refractivity contribution is 7.92. The van der Waals surface area contributed by atoms with Crippen molar-refractivity contribution in [2.45, 2.75) is 44.2 Å². The zero-order valence-electron chi connectivity index (χ0n) is 7.65. The predicted molar refractivity (Wildman–Crippen MR) is 51.6 cm³/mol. The van der Waals surface area contributed by atoms with Crippen LogP contribution in [-0.2, 0) is 10.0 Å². The van der Waals surface area contributed by atoms with E-state index in [1.54, 1.807) is 4.31 Å². The van der Waals surface area contributed by atoms with Crippen molar-refractivity contribution in [3.05, 3.63) is 12.0 Å². The second kappa shape index (κ2) is 3.10. The maximum absolute atomic E-state index is 11.6. The summed E-state index contributed by atoms with van der Waals surface area (Å²) in [7, 11) is -3.16. The van der Waals surface area contributed by atoms with Crippen LogP contribution < -0.4 is 0 Å². The first-order chi connectivity index (χ1) is 6.15. The first-order valence-corrected chi connectivity index (χ1v) is 6.31. The third-order valence-corrected chi connectivity index (χ3v) is 4.74. The average molecular weight is 201 g/mol. The van der Waals surface area contributed by atoms with E-state index in [1.807, 2.05) is 0 Å². The molecule has 0 aromatic carbocycles. The Labute approximate surface area is 79.5 Å². The molecule has 0 spiro atoms. The standard InChI is InChI=1S/C9H15NO2S/c1-2-13(11,12)10-8-4-3-5-9(10)7-6-8/h2,8-9H,1,3-7H2. The molecule has 0 radical (unpaired) electrons. The van der Waals surface area contributed by atoms with Crippen molar-refractivity contribution in [3.63, 3.8) is 0 Å². The van der Waals surface area contributed by atoms with Crippen LogP contribution in [0.25, 0.3) is 0 Å². The first kappa shape index (κ1) is 9.21. The van der Waals surface area contributed by atoms with Crippen molar-refractivity contribution < 1.29 is 8.42 Å². The van der Waals surface area contributed by atoms with Gasteiger partial charge in [-0.15, -0.1) is 0 Å². The number of hydrogen-bond donors (Lipinski definition) is 0. The van der Waals surface area contributed by atoms with Crippen LogP contribution in [0.1, 0.15) is 32.1 Å². The van der Waals surface area contributed by atoms with Crippen molar-refractivity contribution in [1.29, 1.82) is 0 Å². The minimum atomic E-state index is -3.16. The topological polar surface area (TPSA) is 37.4 Å².